The van der Waals surface area contributed by atoms with Crippen molar-refractivity contribution in [3.63, 3.8) is 0 Å². The quantitative estimate of drug-likeness (QED) is 0.788. The monoisotopic (exact) mass is 238 g/mol. The maximum absolute atomic E-state index is 11.1. The van der Waals surface area contributed by atoms with Gasteiger partial charge in [-0.2, -0.15) is 0 Å². The second-order valence-electron chi connectivity index (χ2n) is 4.06. The molecule has 0 spiro atoms. The molecule has 1 rings (SSSR count). The van der Waals surface area contributed by atoms with Crippen LogP contribution in [0.5, 0.6) is 0 Å². The minimum atomic E-state index is -0.0210. The molecule has 0 bridgehead atoms. The summed E-state index contributed by atoms with van der Waals surface area (Å²) >= 11 is 5.79. The van der Waals surface area contributed by atoms with Crippen LogP contribution < -0.4 is 0 Å². The fourth-order valence-electron chi connectivity index (χ4n) is 1.74. The van der Waals surface area contributed by atoms with Crippen LogP contribution in [0.25, 0.3) is 0 Å². The van der Waals surface area contributed by atoms with Gasteiger partial charge in [0, 0.05) is 17.9 Å². The van der Waals surface area contributed by atoms with Gasteiger partial charge in [0.2, 0.25) is 0 Å². The molecule has 3 heteroatoms. The Kier molecular flexibility index (Phi) is 4.69. The molecule has 0 N–H and O–H groups in total. The predicted molar refractivity (Wildman–Crippen MR) is 64.8 cm³/mol. The first-order valence-corrected chi connectivity index (χ1v) is 5.61. The summed E-state index contributed by atoms with van der Waals surface area (Å²) in [5, 5.41) is 0.660. The van der Waals surface area contributed by atoms with E-state index in [0.29, 0.717) is 17.9 Å². The molecule has 16 heavy (non-hydrogen) atoms. The number of rotatable bonds is 5. The van der Waals surface area contributed by atoms with Crippen LogP contribution in [0.2, 0.25) is 5.02 Å². The van der Waals surface area contributed by atoms with E-state index in [0.717, 1.165) is 5.56 Å². The second kappa shape index (κ2) is 5.80. The highest BCUT2D eigenvalue weighted by Crippen LogP contribution is 2.25. The topological polar surface area (TPSA) is 34.1 Å². The number of benzene rings is 1. The van der Waals surface area contributed by atoms with Crippen LogP contribution in [0.1, 0.15) is 38.2 Å². The van der Waals surface area contributed by atoms with E-state index < -0.39 is 0 Å². The molecule has 0 heterocycles. The Hall–Kier alpha value is -1.15. The highest BCUT2D eigenvalue weighted by Gasteiger charge is 2.15. The SMILES string of the molecule is CC(=O)CC(CC(C)=O)c1ccc(Cl)cc1. The Morgan fingerprint density at radius 1 is 1.06 bits per heavy atom. The first-order chi connectivity index (χ1) is 7.49. The van der Waals surface area contributed by atoms with Crippen molar-refractivity contribution in [3.05, 3.63) is 34.9 Å². The summed E-state index contributed by atoms with van der Waals surface area (Å²) < 4.78 is 0. The lowest BCUT2D eigenvalue weighted by Crippen LogP contribution is -2.08. The fourth-order valence-corrected chi connectivity index (χ4v) is 1.86. The van der Waals surface area contributed by atoms with Gasteiger partial charge in [0.25, 0.3) is 0 Å². The van der Waals surface area contributed by atoms with Gasteiger partial charge in [-0.15, -0.1) is 0 Å². The van der Waals surface area contributed by atoms with Crippen molar-refractivity contribution >= 4 is 23.2 Å². The Bertz CT molecular complexity index is 365. The maximum Gasteiger partial charge on any atom is 0.130 e. The lowest BCUT2D eigenvalue weighted by Gasteiger charge is -2.14. The van der Waals surface area contributed by atoms with E-state index >= 15 is 0 Å². The smallest absolute Gasteiger partial charge is 0.130 e. The third-order valence-electron chi connectivity index (χ3n) is 2.41. The number of halogens is 1. The first-order valence-electron chi connectivity index (χ1n) is 5.23. The number of carbonyl (C=O) groups is 2. The van der Waals surface area contributed by atoms with E-state index in [9.17, 15) is 9.59 Å². The molecule has 0 unspecified atom stereocenters. The largest absolute Gasteiger partial charge is 0.300 e. The average Bonchev–Trinajstić information content (AvgIpc) is 2.16. The van der Waals surface area contributed by atoms with Crippen molar-refractivity contribution in [3.8, 4) is 0 Å². The van der Waals surface area contributed by atoms with Gasteiger partial charge in [-0.25, -0.2) is 0 Å². The standard InChI is InChI=1S/C13H15ClO2/c1-9(15)7-12(8-10(2)16)11-3-5-13(14)6-4-11/h3-6,12H,7-8H2,1-2H3. The van der Waals surface area contributed by atoms with E-state index in [1.807, 2.05) is 12.1 Å². The average molecular weight is 239 g/mol. The van der Waals surface area contributed by atoms with Crippen LogP contribution in [-0.2, 0) is 9.59 Å². The number of hydrogen-bond donors (Lipinski definition) is 0. The summed E-state index contributed by atoms with van der Waals surface area (Å²) in [4.78, 5) is 22.3. The molecular formula is C13H15ClO2. The third-order valence-corrected chi connectivity index (χ3v) is 2.66. The van der Waals surface area contributed by atoms with Gasteiger partial charge in [0.15, 0.2) is 0 Å². The van der Waals surface area contributed by atoms with Crippen molar-refractivity contribution in [2.75, 3.05) is 0 Å². The zero-order chi connectivity index (χ0) is 12.1. The zero-order valence-electron chi connectivity index (χ0n) is 9.50. The second-order valence-corrected chi connectivity index (χ2v) is 4.50. The molecule has 1 aromatic carbocycles. The van der Waals surface area contributed by atoms with Gasteiger partial charge in [-0.1, -0.05) is 23.7 Å². The molecule has 0 aliphatic carbocycles. The van der Waals surface area contributed by atoms with Gasteiger partial charge in [0.05, 0.1) is 0 Å². The Labute approximate surface area is 101 Å². The van der Waals surface area contributed by atoms with Crippen LogP contribution in [-0.4, -0.2) is 11.6 Å². The van der Waals surface area contributed by atoms with E-state index in [2.05, 4.69) is 0 Å². The molecule has 0 saturated carbocycles. The zero-order valence-corrected chi connectivity index (χ0v) is 10.3. The van der Waals surface area contributed by atoms with Gasteiger partial charge in [-0.05, 0) is 37.5 Å². The summed E-state index contributed by atoms with van der Waals surface area (Å²) in [6.45, 7) is 3.09. The lowest BCUT2D eigenvalue weighted by molar-refractivity contribution is -0.118. The molecule has 0 amide bonds. The van der Waals surface area contributed by atoms with E-state index in [1.54, 1.807) is 26.0 Å². The fraction of sp³-hybridized carbons (Fsp3) is 0.385. The molecule has 2 nitrogen and oxygen atoms in total. The van der Waals surface area contributed by atoms with Crippen molar-refractivity contribution in [1.82, 2.24) is 0 Å². The highest BCUT2D eigenvalue weighted by atomic mass is 35.5. The van der Waals surface area contributed by atoms with Crippen molar-refractivity contribution < 1.29 is 9.59 Å². The van der Waals surface area contributed by atoms with E-state index in [4.69, 9.17) is 11.6 Å². The predicted octanol–water partition coefficient (Wildman–Crippen LogP) is 3.38. The third kappa shape index (κ3) is 4.15. The lowest BCUT2D eigenvalue weighted by atomic mass is 9.90. The molecule has 0 aromatic heterocycles. The highest BCUT2D eigenvalue weighted by molar-refractivity contribution is 6.30. The molecule has 0 fully saturated rings. The maximum atomic E-state index is 11.1. The molecular weight excluding hydrogens is 224 g/mol. The van der Waals surface area contributed by atoms with Crippen LogP contribution >= 0.6 is 11.6 Å². The summed E-state index contributed by atoms with van der Waals surface area (Å²) in [5.74, 6) is 0.176. The minimum absolute atomic E-state index is 0.0210. The molecule has 0 atom stereocenters. The minimum Gasteiger partial charge on any atom is -0.300 e. The first kappa shape index (κ1) is 12.9. The van der Waals surface area contributed by atoms with Crippen molar-refractivity contribution in [2.45, 2.75) is 32.6 Å². The van der Waals surface area contributed by atoms with Gasteiger partial charge in [0.1, 0.15) is 11.6 Å². The summed E-state index contributed by atoms with van der Waals surface area (Å²) in [7, 11) is 0. The van der Waals surface area contributed by atoms with E-state index in [1.165, 1.54) is 0 Å². The van der Waals surface area contributed by atoms with E-state index in [-0.39, 0.29) is 17.5 Å². The molecule has 1 aromatic rings. The number of carbonyl (C=O) groups excluding carboxylic acids is 2. The molecule has 0 aliphatic heterocycles. The number of Topliss-reactive ketones (excluding diaryl/α,β-unsaturated/α-hetero) is 2. The van der Waals surface area contributed by atoms with Crippen molar-refractivity contribution in [2.24, 2.45) is 0 Å². The Morgan fingerprint density at radius 2 is 1.50 bits per heavy atom. The molecule has 0 radical (unpaired) electrons. The molecule has 86 valence electrons. The van der Waals surface area contributed by atoms with Crippen LogP contribution in [0.3, 0.4) is 0 Å². The van der Waals surface area contributed by atoms with Crippen LogP contribution in [0.4, 0.5) is 0 Å². The summed E-state index contributed by atoms with van der Waals surface area (Å²) in [5.41, 5.74) is 0.995. The van der Waals surface area contributed by atoms with Crippen molar-refractivity contribution in [1.29, 1.82) is 0 Å². The van der Waals surface area contributed by atoms with Gasteiger partial charge in [-0.3, -0.25) is 0 Å². The van der Waals surface area contributed by atoms with Gasteiger partial charge < -0.3 is 9.59 Å². The summed E-state index contributed by atoms with van der Waals surface area (Å²) in [6.07, 6.45) is 0.808. The van der Waals surface area contributed by atoms with Gasteiger partial charge >= 0.3 is 0 Å². The Balaban J connectivity index is 2.86. The van der Waals surface area contributed by atoms with Crippen LogP contribution in [0, 0.1) is 0 Å². The molecule has 0 aliphatic rings. The number of ketones is 2. The normalized spacial score (nSPS) is 10.5. The molecule has 0 saturated heterocycles. The van der Waals surface area contributed by atoms with Crippen LogP contribution in [0.15, 0.2) is 24.3 Å². The summed E-state index contributed by atoms with van der Waals surface area (Å²) in [6, 6.07) is 7.31. The Morgan fingerprint density at radius 3 is 1.88 bits per heavy atom. The number of hydrogen-bond acceptors (Lipinski definition) is 2.